The van der Waals surface area contributed by atoms with Crippen molar-refractivity contribution in [3.05, 3.63) is 29.3 Å². The summed E-state index contributed by atoms with van der Waals surface area (Å²) in [5.41, 5.74) is 1.96. The highest BCUT2D eigenvalue weighted by Crippen LogP contribution is 2.27. The number of carbonyl (C=O) groups excluding carboxylic acids is 1. The number of anilines is 1. The third-order valence-electron chi connectivity index (χ3n) is 4.23. The van der Waals surface area contributed by atoms with E-state index in [4.69, 9.17) is 0 Å². The predicted octanol–water partition coefficient (Wildman–Crippen LogP) is 2.88. The van der Waals surface area contributed by atoms with Gasteiger partial charge in [0.1, 0.15) is 5.69 Å². The van der Waals surface area contributed by atoms with E-state index in [1.807, 2.05) is 13.8 Å². The molecule has 136 valence electrons. The third kappa shape index (κ3) is 3.97. The van der Waals surface area contributed by atoms with E-state index in [0.717, 1.165) is 24.1 Å². The van der Waals surface area contributed by atoms with Crippen LogP contribution in [0.25, 0.3) is 0 Å². The van der Waals surface area contributed by atoms with E-state index < -0.39 is 12.5 Å². The standard InChI is InChI=1S/C16H22F2N6O/c1-9(2)8-24-14(15(17)18)13(7-20-24)22-16(25)21-11-4-3-10-6-19-23-12(10)5-11/h6-7,9,11,15H,3-5,8H2,1-2H3,(H,19,23)(H2,21,22,25). The van der Waals surface area contributed by atoms with Gasteiger partial charge in [-0.3, -0.25) is 9.78 Å². The van der Waals surface area contributed by atoms with E-state index in [1.54, 1.807) is 6.20 Å². The topological polar surface area (TPSA) is 87.6 Å². The molecule has 2 aromatic rings. The Morgan fingerprint density at radius 2 is 2.24 bits per heavy atom. The molecule has 3 N–H and O–H groups in total. The number of carbonyl (C=O) groups is 1. The number of rotatable bonds is 5. The molecule has 7 nitrogen and oxygen atoms in total. The maximum atomic E-state index is 13.4. The van der Waals surface area contributed by atoms with Crippen molar-refractivity contribution in [2.45, 2.75) is 52.1 Å². The van der Waals surface area contributed by atoms with Crippen LogP contribution in [-0.2, 0) is 19.4 Å². The van der Waals surface area contributed by atoms with Crippen LogP contribution in [-0.4, -0.2) is 32.1 Å². The van der Waals surface area contributed by atoms with E-state index in [0.29, 0.717) is 13.0 Å². The molecule has 2 amide bonds. The van der Waals surface area contributed by atoms with Crippen molar-refractivity contribution in [2.75, 3.05) is 5.32 Å². The van der Waals surface area contributed by atoms with Crippen molar-refractivity contribution < 1.29 is 13.6 Å². The largest absolute Gasteiger partial charge is 0.335 e. The van der Waals surface area contributed by atoms with E-state index in [9.17, 15) is 13.6 Å². The van der Waals surface area contributed by atoms with Crippen LogP contribution in [0, 0.1) is 5.92 Å². The average Bonchev–Trinajstić information content (AvgIpc) is 3.13. The summed E-state index contributed by atoms with van der Waals surface area (Å²) in [5.74, 6) is 0.171. The van der Waals surface area contributed by atoms with Gasteiger partial charge in [-0.15, -0.1) is 0 Å². The number of aromatic nitrogens is 4. The molecule has 2 aromatic heterocycles. The van der Waals surface area contributed by atoms with Crippen molar-refractivity contribution >= 4 is 11.7 Å². The average molecular weight is 352 g/mol. The minimum absolute atomic E-state index is 0.0474. The molecule has 1 aliphatic rings. The molecule has 0 fully saturated rings. The Morgan fingerprint density at radius 1 is 1.44 bits per heavy atom. The van der Waals surface area contributed by atoms with Crippen LogP contribution < -0.4 is 10.6 Å². The van der Waals surface area contributed by atoms with Gasteiger partial charge in [0.05, 0.1) is 18.1 Å². The number of urea groups is 1. The molecule has 9 heteroatoms. The van der Waals surface area contributed by atoms with Gasteiger partial charge in [0.25, 0.3) is 6.43 Å². The number of H-pyrrole nitrogens is 1. The Labute approximate surface area is 144 Å². The van der Waals surface area contributed by atoms with Crippen molar-refractivity contribution in [3.63, 3.8) is 0 Å². The van der Waals surface area contributed by atoms with Crippen LogP contribution in [0.15, 0.2) is 12.4 Å². The molecule has 0 aliphatic heterocycles. The second-order valence-corrected chi connectivity index (χ2v) is 6.73. The first-order valence-corrected chi connectivity index (χ1v) is 8.36. The first-order chi connectivity index (χ1) is 11.9. The van der Waals surface area contributed by atoms with E-state index >= 15 is 0 Å². The molecule has 0 saturated heterocycles. The van der Waals surface area contributed by atoms with Gasteiger partial charge in [0, 0.05) is 24.7 Å². The molecule has 0 aromatic carbocycles. The predicted molar refractivity (Wildman–Crippen MR) is 88.6 cm³/mol. The first kappa shape index (κ1) is 17.4. The molecule has 1 atom stereocenters. The summed E-state index contributed by atoms with van der Waals surface area (Å²) in [6.45, 7) is 4.21. The first-order valence-electron chi connectivity index (χ1n) is 8.36. The summed E-state index contributed by atoms with van der Waals surface area (Å²) < 4.78 is 28.0. The number of nitrogens with zero attached hydrogens (tertiary/aromatic N) is 3. The van der Waals surface area contributed by atoms with Gasteiger partial charge in [-0.2, -0.15) is 10.2 Å². The lowest BCUT2D eigenvalue weighted by Crippen LogP contribution is -2.41. The second kappa shape index (κ2) is 7.20. The second-order valence-electron chi connectivity index (χ2n) is 6.73. The Kier molecular flexibility index (Phi) is 5.00. The zero-order valence-corrected chi connectivity index (χ0v) is 14.2. The van der Waals surface area contributed by atoms with Crippen LogP contribution in [0.5, 0.6) is 0 Å². The van der Waals surface area contributed by atoms with Gasteiger partial charge in [0.15, 0.2) is 0 Å². The number of nitrogens with one attached hydrogen (secondary N) is 3. The van der Waals surface area contributed by atoms with Crippen molar-refractivity contribution in [1.29, 1.82) is 0 Å². The smallest absolute Gasteiger partial charge is 0.319 e. The monoisotopic (exact) mass is 352 g/mol. The number of hydrogen-bond donors (Lipinski definition) is 3. The van der Waals surface area contributed by atoms with Gasteiger partial charge in [-0.1, -0.05) is 13.8 Å². The summed E-state index contributed by atoms with van der Waals surface area (Å²) in [6.07, 6.45) is 2.62. The van der Waals surface area contributed by atoms with Crippen molar-refractivity contribution in [1.82, 2.24) is 25.3 Å². The SMILES string of the molecule is CC(C)Cn1ncc(NC(=O)NC2CCc3cn[nH]c3C2)c1C(F)F. The van der Waals surface area contributed by atoms with Gasteiger partial charge >= 0.3 is 6.03 Å². The molecule has 3 rings (SSSR count). The lowest BCUT2D eigenvalue weighted by Gasteiger charge is -2.23. The summed E-state index contributed by atoms with van der Waals surface area (Å²) in [5, 5.41) is 16.2. The molecule has 0 bridgehead atoms. The maximum Gasteiger partial charge on any atom is 0.319 e. The number of hydrogen-bond acceptors (Lipinski definition) is 3. The van der Waals surface area contributed by atoms with Crippen LogP contribution in [0.4, 0.5) is 19.3 Å². The zero-order chi connectivity index (χ0) is 18.0. The minimum Gasteiger partial charge on any atom is -0.335 e. The van der Waals surface area contributed by atoms with E-state index in [-0.39, 0.29) is 23.3 Å². The van der Waals surface area contributed by atoms with Gasteiger partial charge < -0.3 is 10.6 Å². The highest BCUT2D eigenvalue weighted by atomic mass is 19.3. The fourth-order valence-electron chi connectivity index (χ4n) is 3.09. The fraction of sp³-hybridized carbons (Fsp3) is 0.562. The molecular formula is C16H22F2N6O. The fourth-order valence-corrected chi connectivity index (χ4v) is 3.09. The normalized spacial score (nSPS) is 17.0. The number of alkyl halides is 2. The Morgan fingerprint density at radius 3 is 2.96 bits per heavy atom. The van der Waals surface area contributed by atoms with Gasteiger partial charge in [0.2, 0.25) is 0 Å². The Balaban J connectivity index is 1.64. The highest BCUT2D eigenvalue weighted by Gasteiger charge is 2.24. The quantitative estimate of drug-likeness (QED) is 0.773. The number of halogens is 2. The molecule has 0 spiro atoms. The number of fused-ring (bicyclic) bond motifs is 1. The Hall–Kier alpha value is -2.45. The molecular weight excluding hydrogens is 330 g/mol. The van der Waals surface area contributed by atoms with Gasteiger partial charge in [-0.25, -0.2) is 13.6 Å². The Bertz CT molecular complexity index is 739. The summed E-state index contributed by atoms with van der Waals surface area (Å²) >= 11 is 0. The third-order valence-corrected chi connectivity index (χ3v) is 4.23. The summed E-state index contributed by atoms with van der Waals surface area (Å²) in [4.78, 5) is 12.2. The van der Waals surface area contributed by atoms with Crippen molar-refractivity contribution in [3.8, 4) is 0 Å². The number of amides is 2. The number of aromatic amines is 1. The van der Waals surface area contributed by atoms with E-state index in [1.165, 1.54) is 10.9 Å². The lowest BCUT2D eigenvalue weighted by molar-refractivity contribution is 0.138. The van der Waals surface area contributed by atoms with Crippen LogP contribution >= 0.6 is 0 Å². The zero-order valence-electron chi connectivity index (χ0n) is 14.2. The molecule has 25 heavy (non-hydrogen) atoms. The number of aryl methyl sites for hydroxylation is 1. The molecule has 0 radical (unpaired) electrons. The molecule has 1 aliphatic carbocycles. The summed E-state index contributed by atoms with van der Waals surface area (Å²) in [7, 11) is 0. The van der Waals surface area contributed by atoms with Crippen LogP contribution in [0.1, 0.15) is 43.6 Å². The van der Waals surface area contributed by atoms with Gasteiger partial charge in [-0.05, 0) is 24.3 Å². The van der Waals surface area contributed by atoms with E-state index in [2.05, 4.69) is 25.9 Å². The summed E-state index contributed by atoms with van der Waals surface area (Å²) in [6, 6.07) is -0.562. The molecule has 1 unspecified atom stereocenters. The highest BCUT2D eigenvalue weighted by molar-refractivity contribution is 5.90. The van der Waals surface area contributed by atoms with Crippen LogP contribution in [0.2, 0.25) is 0 Å². The molecule has 0 saturated carbocycles. The van der Waals surface area contributed by atoms with Crippen LogP contribution in [0.3, 0.4) is 0 Å². The minimum atomic E-state index is -2.71. The maximum absolute atomic E-state index is 13.4. The molecule has 2 heterocycles. The van der Waals surface area contributed by atoms with Crippen molar-refractivity contribution in [2.24, 2.45) is 5.92 Å². The lowest BCUT2D eigenvalue weighted by atomic mass is 9.94.